The average molecular weight is 260 g/mol. The Morgan fingerprint density at radius 2 is 2.11 bits per heavy atom. The molecule has 3 N–H and O–H groups in total. The van der Waals surface area contributed by atoms with Crippen molar-refractivity contribution >= 4 is 11.7 Å². The van der Waals surface area contributed by atoms with Crippen LogP contribution in [0.2, 0.25) is 0 Å². The van der Waals surface area contributed by atoms with Crippen LogP contribution in [0.15, 0.2) is 12.3 Å². The molecule has 3 heterocycles. The standard InChI is InChI=1S/C13H20N6/c14-12(15)11-3-5-16-17-13(11)19-8-4-10(9-19)18-6-1-2-7-18/h3,5,10H,1-2,4,6-9H2,(H3,14,15). The van der Waals surface area contributed by atoms with Gasteiger partial charge in [-0.2, -0.15) is 5.10 Å². The Balaban J connectivity index is 1.75. The number of hydrogen-bond donors (Lipinski definition) is 2. The molecule has 2 saturated heterocycles. The molecule has 0 amide bonds. The van der Waals surface area contributed by atoms with Gasteiger partial charge in [0, 0.05) is 19.1 Å². The summed E-state index contributed by atoms with van der Waals surface area (Å²) in [7, 11) is 0. The molecule has 19 heavy (non-hydrogen) atoms. The number of likely N-dealkylation sites (tertiary alicyclic amines) is 1. The highest BCUT2D eigenvalue weighted by Gasteiger charge is 2.31. The normalized spacial score (nSPS) is 24.0. The van der Waals surface area contributed by atoms with E-state index in [4.69, 9.17) is 11.1 Å². The molecule has 0 aliphatic carbocycles. The van der Waals surface area contributed by atoms with E-state index < -0.39 is 0 Å². The minimum absolute atomic E-state index is 0.0644. The van der Waals surface area contributed by atoms with Crippen LogP contribution in [0, 0.1) is 5.41 Å². The van der Waals surface area contributed by atoms with Gasteiger partial charge in [0.25, 0.3) is 0 Å². The second kappa shape index (κ2) is 5.13. The van der Waals surface area contributed by atoms with Gasteiger partial charge in [-0.3, -0.25) is 10.3 Å². The maximum Gasteiger partial charge on any atom is 0.162 e. The predicted octanol–water partition coefficient (Wildman–Crippen LogP) is 0.435. The van der Waals surface area contributed by atoms with Gasteiger partial charge in [-0.05, 0) is 38.4 Å². The van der Waals surface area contributed by atoms with Crippen molar-refractivity contribution in [2.75, 3.05) is 31.1 Å². The SMILES string of the molecule is N=C(N)c1ccnnc1N1CCC(N2CCCC2)C1. The first-order valence-corrected chi connectivity index (χ1v) is 6.91. The van der Waals surface area contributed by atoms with E-state index in [1.54, 1.807) is 12.3 Å². The zero-order chi connectivity index (χ0) is 13.2. The lowest BCUT2D eigenvalue weighted by Gasteiger charge is -2.24. The van der Waals surface area contributed by atoms with Crippen LogP contribution >= 0.6 is 0 Å². The van der Waals surface area contributed by atoms with Crippen molar-refractivity contribution in [1.82, 2.24) is 15.1 Å². The summed E-state index contributed by atoms with van der Waals surface area (Å²) in [6.07, 6.45) is 5.39. The number of rotatable bonds is 3. The molecule has 3 rings (SSSR count). The van der Waals surface area contributed by atoms with Crippen LogP contribution in [0.1, 0.15) is 24.8 Å². The number of nitrogens with two attached hydrogens (primary N) is 1. The van der Waals surface area contributed by atoms with Gasteiger partial charge in [-0.1, -0.05) is 0 Å². The van der Waals surface area contributed by atoms with E-state index in [0.717, 1.165) is 25.3 Å². The van der Waals surface area contributed by atoms with Crippen molar-refractivity contribution in [3.63, 3.8) is 0 Å². The van der Waals surface area contributed by atoms with Crippen LogP contribution in [0.3, 0.4) is 0 Å². The highest BCUT2D eigenvalue weighted by Crippen LogP contribution is 2.25. The molecule has 2 aliphatic heterocycles. The van der Waals surface area contributed by atoms with Gasteiger partial charge >= 0.3 is 0 Å². The van der Waals surface area contributed by atoms with Gasteiger partial charge in [-0.15, -0.1) is 5.10 Å². The third kappa shape index (κ3) is 2.40. The van der Waals surface area contributed by atoms with E-state index in [2.05, 4.69) is 20.0 Å². The smallest absolute Gasteiger partial charge is 0.162 e. The van der Waals surface area contributed by atoms with E-state index in [0.29, 0.717) is 11.6 Å². The van der Waals surface area contributed by atoms with Gasteiger partial charge in [0.2, 0.25) is 0 Å². The van der Waals surface area contributed by atoms with Crippen LogP contribution in [-0.2, 0) is 0 Å². The summed E-state index contributed by atoms with van der Waals surface area (Å²) in [6, 6.07) is 2.39. The molecule has 0 aromatic carbocycles. The van der Waals surface area contributed by atoms with E-state index in [1.165, 1.54) is 25.9 Å². The molecule has 102 valence electrons. The monoisotopic (exact) mass is 260 g/mol. The lowest BCUT2D eigenvalue weighted by Crippen LogP contribution is -2.36. The van der Waals surface area contributed by atoms with Crippen molar-refractivity contribution < 1.29 is 0 Å². The molecule has 1 aromatic rings. The molecule has 6 heteroatoms. The van der Waals surface area contributed by atoms with E-state index >= 15 is 0 Å². The van der Waals surface area contributed by atoms with Gasteiger partial charge in [0.15, 0.2) is 5.82 Å². The number of anilines is 1. The Morgan fingerprint density at radius 3 is 2.84 bits per heavy atom. The number of hydrogen-bond acceptors (Lipinski definition) is 5. The van der Waals surface area contributed by atoms with E-state index in [-0.39, 0.29) is 5.84 Å². The van der Waals surface area contributed by atoms with Crippen molar-refractivity contribution in [2.45, 2.75) is 25.3 Å². The minimum atomic E-state index is 0.0644. The van der Waals surface area contributed by atoms with Crippen LogP contribution < -0.4 is 10.6 Å². The molecule has 0 radical (unpaired) electrons. The van der Waals surface area contributed by atoms with Crippen molar-refractivity contribution in [1.29, 1.82) is 5.41 Å². The van der Waals surface area contributed by atoms with E-state index in [9.17, 15) is 0 Å². The Labute approximate surface area is 113 Å². The average Bonchev–Trinajstić information content (AvgIpc) is 3.09. The summed E-state index contributed by atoms with van der Waals surface area (Å²) in [5.74, 6) is 0.825. The Morgan fingerprint density at radius 1 is 1.32 bits per heavy atom. The third-order valence-electron chi connectivity index (χ3n) is 4.11. The van der Waals surface area contributed by atoms with Gasteiger partial charge in [0.1, 0.15) is 5.84 Å². The second-order valence-electron chi connectivity index (χ2n) is 5.31. The lowest BCUT2D eigenvalue weighted by atomic mass is 10.2. The predicted molar refractivity (Wildman–Crippen MR) is 74.5 cm³/mol. The Kier molecular flexibility index (Phi) is 3.33. The molecule has 0 spiro atoms. The highest BCUT2D eigenvalue weighted by atomic mass is 15.3. The van der Waals surface area contributed by atoms with E-state index in [1.807, 2.05) is 0 Å². The molecule has 2 fully saturated rings. The summed E-state index contributed by atoms with van der Waals surface area (Å²) >= 11 is 0. The fourth-order valence-corrected chi connectivity index (χ4v) is 3.11. The number of amidine groups is 1. The van der Waals surface area contributed by atoms with Crippen LogP contribution in [0.4, 0.5) is 5.82 Å². The number of nitrogens with one attached hydrogen (secondary N) is 1. The third-order valence-corrected chi connectivity index (χ3v) is 4.11. The zero-order valence-electron chi connectivity index (χ0n) is 11.0. The van der Waals surface area contributed by atoms with Crippen molar-refractivity contribution in [3.05, 3.63) is 17.8 Å². The molecule has 0 bridgehead atoms. The fraction of sp³-hybridized carbons (Fsp3) is 0.615. The largest absolute Gasteiger partial charge is 0.384 e. The van der Waals surface area contributed by atoms with Crippen LogP contribution in [-0.4, -0.2) is 53.2 Å². The maximum atomic E-state index is 7.63. The number of nitrogens with zero attached hydrogens (tertiary/aromatic N) is 4. The van der Waals surface area contributed by atoms with Crippen molar-refractivity contribution in [2.24, 2.45) is 5.73 Å². The summed E-state index contributed by atoms with van der Waals surface area (Å²) in [4.78, 5) is 4.79. The molecule has 1 aromatic heterocycles. The molecule has 6 nitrogen and oxygen atoms in total. The Bertz CT molecular complexity index is 468. The molecular formula is C13H20N6. The van der Waals surface area contributed by atoms with Crippen molar-refractivity contribution in [3.8, 4) is 0 Å². The second-order valence-corrected chi connectivity index (χ2v) is 5.31. The first-order chi connectivity index (χ1) is 9.25. The lowest BCUT2D eigenvalue weighted by molar-refractivity contribution is 0.260. The summed E-state index contributed by atoms with van der Waals surface area (Å²) in [5, 5.41) is 15.7. The topological polar surface area (TPSA) is 82.1 Å². The minimum Gasteiger partial charge on any atom is -0.384 e. The molecular weight excluding hydrogens is 240 g/mol. The number of aromatic nitrogens is 2. The van der Waals surface area contributed by atoms with Crippen LogP contribution in [0.5, 0.6) is 0 Å². The summed E-state index contributed by atoms with van der Waals surface area (Å²) < 4.78 is 0. The summed E-state index contributed by atoms with van der Waals surface area (Å²) in [6.45, 7) is 4.39. The number of nitrogen functional groups attached to an aromatic ring is 1. The van der Waals surface area contributed by atoms with Crippen LogP contribution in [0.25, 0.3) is 0 Å². The van der Waals surface area contributed by atoms with Gasteiger partial charge in [0.05, 0.1) is 11.8 Å². The first kappa shape index (κ1) is 12.3. The Hall–Kier alpha value is -1.69. The summed E-state index contributed by atoms with van der Waals surface area (Å²) in [5.41, 5.74) is 6.31. The maximum absolute atomic E-state index is 7.63. The molecule has 2 aliphatic rings. The quantitative estimate of drug-likeness (QED) is 0.608. The zero-order valence-corrected chi connectivity index (χ0v) is 11.0. The van der Waals surface area contributed by atoms with Gasteiger partial charge < -0.3 is 10.6 Å². The fourth-order valence-electron chi connectivity index (χ4n) is 3.11. The van der Waals surface area contributed by atoms with Gasteiger partial charge in [-0.25, -0.2) is 0 Å². The highest BCUT2D eigenvalue weighted by molar-refractivity contribution is 5.99. The molecule has 1 atom stereocenters. The molecule has 0 saturated carbocycles. The molecule has 1 unspecified atom stereocenters. The first-order valence-electron chi connectivity index (χ1n) is 6.91.